The summed E-state index contributed by atoms with van der Waals surface area (Å²) in [5.41, 5.74) is 3.70. The molecule has 7 heteroatoms. The van der Waals surface area contributed by atoms with Crippen molar-refractivity contribution in [1.29, 1.82) is 0 Å². The molecule has 0 saturated carbocycles. The number of aryl methyl sites for hydroxylation is 2. The number of hydrogen-bond donors (Lipinski definition) is 1. The Morgan fingerprint density at radius 1 is 1.00 bits per heavy atom. The van der Waals surface area contributed by atoms with Crippen molar-refractivity contribution < 1.29 is 19.1 Å². The van der Waals surface area contributed by atoms with Gasteiger partial charge in [-0.05, 0) is 48.7 Å². The summed E-state index contributed by atoms with van der Waals surface area (Å²) in [6, 6.07) is 16.2. The van der Waals surface area contributed by atoms with E-state index in [0.717, 1.165) is 27.3 Å². The van der Waals surface area contributed by atoms with Gasteiger partial charge in [0.25, 0.3) is 11.8 Å². The SMILES string of the molecule is Cc1ccc(C)c(Oc2ccc(CNC(=O)CCN3C(=O)c4ccccc4C3=O)cn2)c1. The molecule has 0 radical (unpaired) electrons. The molecule has 0 atom stereocenters. The molecule has 0 spiro atoms. The van der Waals surface area contributed by atoms with E-state index in [1.54, 1.807) is 36.5 Å². The predicted octanol–water partition coefficient (Wildman–Crippen LogP) is 3.79. The van der Waals surface area contributed by atoms with Crippen molar-refractivity contribution >= 4 is 17.7 Å². The Bertz CT molecular complexity index is 1150. The second-order valence-corrected chi connectivity index (χ2v) is 7.71. The van der Waals surface area contributed by atoms with Crippen molar-refractivity contribution in [2.75, 3.05) is 6.54 Å². The third kappa shape index (κ3) is 4.51. The second-order valence-electron chi connectivity index (χ2n) is 7.71. The van der Waals surface area contributed by atoms with Crippen LogP contribution in [0.4, 0.5) is 0 Å². The largest absolute Gasteiger partial charge is 0.439 e. The maximum atomic E-state index is 12.4. The van der Waals surface area contributed by atoms with E-state index < -0.39 is 0 Å². The number of ether oxygens (including phenoxy) is 1. The van der Waals surface area contributed by atoms with Gasteiger partial charge in [-0.15, -0.1) is 0 Å². The van der Waals surface area contributed by atoms with Crippen LogP contribution in [-0.4, -0.2) is 34.2 Å². The third-order valence-corrected chi connectivity index (χ3v) is 5.29. The van der Waals surface area contributed by atoms with Crippen molar-refractivity contribution in [3.8, 4) is 11.6 Å². The number of aromatic nitrogens is 1. The fourth-order valence-corrected chi connectivity index (χ4v) is 3.45. The Morgan fingerprint density at radius 2 is 1.72 bits per heavy atom. The summed E-state index contributed by atoms with van der Waals surface area (Å²) in [6.45, 7) is 4.30. The normalized spacial score (nSPS) is 12.6. The summed E-state index contributed by atoms with van der Waals surface area (Å²) >= 11 is 0. The molecule has 1 aliphatic rings. The zero-order chi connectivity index (χ0) is 22.7. The lowest BCUT2D eigenvalue weighted by atomic mass is 10.1. The van der Waals surface area contributed by atoms with E-state index in [1.807, 2.05) is 38.1 Å². The quantitative estimate of drug-likeness (QED) is 0.577. The molecule has 3 aromatic rings. The van der Waals surface area contributed by atoms with E-state index in [1.165, 1.54) is 0 Å². The van der Waals surface area contributed by atoms with Crippen LogP contribution in [0, 0.1) is 13.8 Å². The highest BCUT2D eigenvalue weighted by molar-refractivity contribution is 6.21. The molecular formula is C25H23N3O4. The molecule has 0 unspecified atom stereocenters. The number of fused-ring (bicyclic) bond motifs is 1. The first kappa shape index (κ1) is 21.2. The van der Waals surface area contributed by atoms with Crippen LogP contribution in [0.5, 0.6) is 11.6 Å². The van der Waals surface area contributed by atoms with Gasteiger partial charge >= 0.3 is 0 Å². The molecular weight excluding hydrogens is 406 g/mol. The fourth-order valence-electron chi connectivity index (χ4n) is 3.45. The molecule has 1 aliphatic heterocycles. The van der Waals surface area contributed by atoms with Crippen molar-refractivity contribution in [2.45, 2.75) is 26.8 Å². The van der Waals surface area contributed by atoms with Crippen LogP contribution >= 0.6 is 0 Å². The maximum absolute atomic E-state index is 12.4. The van der Waals surface area contributed by atoms with Gasteiger partial charge in [-0.2, -0.15) is 0 Å². The van der Waals surface area contributed by atoms with Gasteiger partial charge in [-0.25, -0.2) is 4.98 Å². The third-order valence-electron chi connectivity index (χ3n) is 5.29. The molecule has 32 heavy (non-hydrogen) atoms. The van der Waals surface area contributed by atoms with Gasteiger partial charge < -0.3 is 10.1 Å². The highest BCUT2D eigenvalue weighted by atomic mass is 16.5. The fraction of sp³-hybridized carbons (Fsp3) is 0.200. The number of imide groups is 1. The average molecular weight is 429 g/mol. The lowest BCUT2D eigenvalue weighted by molar-refractivity contribution is -0.121. The van der Waals surface area contributed by atoms with Crippen molar-refractivity contribution in [3.63, 3.8) is 0 Å². The molecule has 1 N–H and O–H groups in total. The van der Waals surface area contributed by atoms with Crippen LogP contribution in [-0.2, 0) is 11.3 Å². The van der Waals surface area contributed by atoms with Crippen LogP contribution in [0.15, 0.2) is 60.8 Å². The van der Waals surface area contributed by atoms with Gasteiger partial charge in [-0.3, -0.25) is 19.3 Å². The summed E-state index contributed by atoms with van der Waals surface area (Å²) < 4.78 is 5.85. The van der Waals surface area contributed by atoms with Gasteiger partial charge in [0.05, 0.1) is 11.1 Å². The van der Waals surface area contributed by atoms with Crippen molar-refractivity contribution in [3.05, 3.63) is 88.6 Å². The Morgan fingerprint density at radius 3 is 2.38 bits per heavy atom. The molecule has 162 valence electrons. The minimum absolute atomic E-state index is 0.0345. The molecule has 0 fully saturated rings. The number of amides is 3. The minimum Gasteiger partial charge on any atom is -0.439 e. The van der Waals surface area contributed by atoms with Gasteiger partial charge in [0, 0.05) is 31.8 Å². The zero-order valence-electron chi connectivity index (χ0n) is 17.9. The Hall–Kier alpha value is -4.00. The summed E-state index contributed by atoms with van der Waals surface area (Å²) in [5.74, 6) is 0.257. The second kappa shape index (κ2) is 9.01. The summed E-state index contributed by atoms with van der Waals surface area (Å²) in [6.07, 6.45) is 1.68. The molecule has 0 saturated heterocycles. The van der Waals surface area contributed by atoms with Gasteiger partial charge in [0.15, 0.2) is 0 Å². The van der Waals surface area contributed by atoms with E-state index in [-0.39, 0.29) is 37.2 Å². The van der Waals surface area contributed by atoms with Crippen LogP contribution in [0.25, 0.3) is 0 Å². The lowest BCUT2D eigenvalue weighted by Gasteiger charge is -2.13. The molecule has 3 amide bonds. The smallest absolute Gasteiger partial charge is 0.261 e. The highest BCUT2D eigenvalue weighted by Gasteiger charge is 2.34. The number of hydrogen-bond acceptors (Lipinski definition) is 5. The molecule has 7 nitrogen and oxygen atoms in total. The van der Waals surface area contributed by atoms with Crippen molar-refractivity contribution in [2.24, 2.45) is 0 Å². The number of carbonyl (C=O) groups is 3. The first-order valence-corrected chi connectivity index (χ1v) is 10.3. The molecule has 0 bridgehead atoms. The predicted molar refractivity (Wildman–Crippen MR) is 118 cm³/mol. The lowest BCUT2D eigenvalue weighted by Crippen LogP contribution is -2.34. The number of nitrogens with one attached hydrogen (secondary N) is 1. The first-order chi connectivity index (χ1) is 15.4. The van der Waals surface area contributed by atoms with Crippen LogP contribution < -0.4 is 10.1 Å². The molecule has 2 heterocycles. The Kier molecular flexibility index (Phi) is 5.98. The number of rotatable bonds is 7. The highest BCUT2D eigenvalue weighted by Crippen LogP contribution is 2.25. The van der Waals surface area contributed by atoms with E-state index in [4.69, 9.17) is 4.74 Å². The van der Waals surface area contributed by atoms with Crippen molar-refractivity contribution in [1.82, 2.24) is 15.2 Å². The first-order valence-electron chi connectivity index (χ1n) is 10.3. The average Bonchev–Trinajstić information content (AvgIpc) is 3.04. The van der Waals surface area contributed by atoms with Crippen LogP contribution in [0.1, 0.15) is 43.8 Å². The molecule has 0 aliphatic carbocycles. The summed E-state index contributed by atoms with van der Waals surface area (Å²) in [7, 11) is 0. The van der Waals surface area contributed by atoms with Crippen LogP contribution in [0.2, 0.25) is 0 Å². The van der Waals surface area contributed by atoms with E-state index in [2.05, 4.69) is 10.3 Å². The molecule has 4 rings (SSSR count). The molecule has 2 aromatic carbocycles. The number of nitrogens with zero attached hydrogens (tertiary/aromatic N) is 2. The number of benzene rings is 2. The number of pyridine rings is 1. The van der Waals surface area contributed by atoms with E-state index in [9.17, 15) is 14.4 Å². The standard InChI is InChI=1S/C25H23N3O4/c1-16-7-8-17(2)21(13-16)32-23-10-9-18(15-27-23)14-26-22(29)11-12-28-24(30)19-5-3-4-6-20(19)25(28)31/h3-10,13,15H,11-12,14H2,1-2H3,(H,26,29). The van der Waals surface area contributed by atoms with Gasteiger partial charge in [-0.1, -0.05) is 30.3 Å². The maximum Gasteiger partial charge on any atom is 0.261 e. The summed E-state index contributed by atoms with van der Waals surface area (Å²) in [5, 5.41) is 2.79. The topological polar surface area (TPSA) is 88.6 Å². The van der Waals surface area contributed by atoms with Crippen LogP contribution in [0.3, 0.4) is 0 Å². The zero-order valence-corrected chi connectivity index (χ0v) is 17.9. The van der Waals surface area contributed by atoms with Gasteiger partial charge in [0.2, 0.25) is 11.8 Å². The Labute approximate surface area is 186 Å². The summed E-state index contributed by atoms with van der Waals surface area (Å²) in [4.78, 5) is 42.4. The number of carbonyl (C=O) groups excluding carboxylic acids is 3. The van der Waals surface area contributed by atoms with E-state index in [0.29, 0.717) is 17.0 Å². The monoisotopic (exact) mass is 429 g/mol. The van der Waals surface area contributed by atoms with E-state index >= 15 is 0 Å². The Balaban J connectivity index is 1.27. The minimum atomic E-state index is -0.359. The molecule has 1 aromatic heterocycles. The van der Waals surface area contributed by atoms with Gasteiger partial charge in [0.1, 0.15) is 5.75 Å².